The summed E-state index contributed by atoms with van der Waals surface area (Å²) in [5.74, 6) is 2.25. The van der Waals surface area contributed by atoms with Crippen LogP contribution < -0.4 is 9.47 Å². The first kappa shape index (κ1) is 19.4. The highest BCUT2D eigenvalue weighted by molar-refractivity contribution is 5.94. The number of ether oxygens (including phenoxy) is 2. The number of rotatable bonds is 8. The fourth-order valence-corrected chi connectivity index (χ4v) is 2.71. The van der Waals surface area contributed by atoms with Gasteiger partial charge in [0.25, 0.3) is 5.91 Å². The van der Waals surface area contributed by atoms with E-state index in [0.29, 0.717) is 30.4 Å². The summed E-state index contributed by atoms with van der Waals surface area (Å²) in [5.41, 5.74) is 1.40. The van der Waals surface area contributed by atoms with Crippen LogP contribution in [0.5, 0.6) is 11.5 Å². The Labute approximate surface area is 163 Å². The quantitative estimate of drug-likeness (QED) is 0.590. The smallest absolute Gasteiger partial charge is 0.254 e. The van der Waals surface area contributed by atoms with Gasteiger partial charge in [-0.15, -0.1) is 0 Å². The molecule has 0 aliphatic heterocycles. The molecule has 146 valence electrons. The summed E-state index contributed by atoms with van der Waals surface area (Å²) >= 11 is 0. The summed E-state index contributed by atoms with van der Waals surface area (Å²) in [6, 6.07) is 14.5. The first-order valence-corrected chi connectivity index (χ1v) is 9.13. The zero-order chi connectivity index (χ0) is 19.9. The number of aromatic nitrogens is 2. The van der Waals surface area contributed by atoms with Crippen molar-refractivity contribution < 1.29 is 18.8 Å². The van der Waals surface area contributed by atoms with Gasteiger partial charge >= 0.3 is 0 Å². The number of hydrogen-bond acceptors (Lipinski definition) is 6. The van der Waals surface area contributed by atoms with Crippen molar-refractivity contribution >= 4 is 5.91 Å². The Morgan fingerprint density at radius 2 is 1.71 bits per heavy atom. The van der Waals surface area contributed by atoms with Crippen LogP contribution >= 0.6 is 0 Å². The monoisotopic (exact) mass is 381 g/mol. The Kier molecular flexibility index (Phi) is 6.26. The summed E-state index contributed by atoms with van der Waals surface area (Å²) in [6.45, 7) is 5.18. The Morgan fingerprint density at radius 1 is 1.04 bits per heavy atom. The first-order chi connectivity index (χ1) is 13.6. The molecule has 2 aromatic carbocycles. The van der Waals surface area contributed by atoms with Crippen LogP contribution in [-0.2, 0) is 6.54 Å². The maximum absolute atomic E-state index is 12.8. The molecular formula is C21H23N3O4. The van der Waals surface area contributed by atoms with E-state index in [1.165, 1.54) is 0 Å². The van der Waals surface area contributed by atoms with Gasteiger partial charge in [0.1, 0.15) is 18.0 Å². The standard InChI is InChI=1S/C21H23N3O4/c1-4-24(21(25)16-8-12-18(13-9-16)27-5-2)14-19-22-20(23-28-19)15-6-10-17(26-3)11-7-15/h6-13H,4-5,14H2,1-3H3. The van der Waals surface area contributed by atoms with Crippen LogP contribution in [0.2, 0.25) is 0 Å². The molecule has 0 saturated carbocycles. The largest absolute Gasteiger partial charge is 0.497 e. The molecule has 7 nitrogen and oxygen atoms in total. The molecule has 1 aromatic heterocycles. The van der Waals surface area contributed by atoms with Gasteiger partial charge in [-0.05, 0) is 62.4 Å². The van der Waals surface area contributed by atoms with E-state index in [2.05, 4.69) is 10.1 Å². The minimum Gasteiger partial charge on any atom is -0.497 e. The van der Waals surface area contributed by atoms with Gasteiger partial charge in [-0.25, -0.2) is 0 Å². The molecule has 0 radical (unpaired) electrons. The van der Waals surface area contributed by atoms with Crippen molar-refractivity contribution in [3.63, 3.8) is 0 Å². The number of amides is 1. The summed E-state index contributed by atoms with van der Waals surface area (Å²) < 4.78 is 15.9. The van der Waals surface area contributed by atoms with Crippen LogP contribution in [0.4, 0.5) is 0 Å². The number of hydrogen-bond donors (Lipinski definition) is 0. The van der Waals surface area contributed by atoms with Gasteiger partial charge < -0.3 is 18.9 Å². The highest BCUT2D eigenvalue weighted by Crippen LogP contribution is 2.20. The lowest BCUT2D eigenvalue weighted by atomic mass is 10.2. The first-order valence-electron chi connectivity index (χ1n) is 9.13. The third-order valence-corrected chi connectivity index (χ3v) is 4.22. The molecule has 0 unspecified atom stereocenters. The third kappa shape index (κ3) is 4.49. The molecule has 0 fully saturated rings. The molecule has 0 bridgehead atoms. The highest BCUT2D eigenvalue weighted by Gasteiger charge is 2.18. The van der Waals surface area contributed by atoms with Crippen molar-refractivity contribution in [2.75, 3.05) is 20.3 Å². The lowest BCUT2D eigenvalue weighted by molar-refractivity contribution is 0.0734. The van der Waals surface area contributed by atoms with Crippen LogP contribution in [0.3, 0.4) is 0 Å². The maximum Gasteiger partial charge on any atom is 0.254 e. The number of benzene rings is 2. The zero-order valence-corrected chi connectivity index (χ0v) is 16.2. The van der Waals surface area contributed by atoms with E-state index in [-0.39, 0.29) is 12.5 Å². The van der Waals surface area contributed by atoms with E-state index in [1.54, 1.807) is 36.3 Å². The van der Waals surface area contributed by atoms with Crippen molar-refractivity contribution in [1.29, 1.82) is 0 Å². The van der Waals surface area contributed by atoms with E-state index in [1.807, 2.05) is 38.1 Å². The van der Waals surface area contributed by atoms with Gasteiger partial charge in [0.05, 0.1) is 13.7 Å². The molecule has 7 heteroatoms. The second-order valence-electron chi connectivity index (χ2n) is 6.02. The predicted molar refractivity (Wildman–Crippen MR) is 104 cm³/mol. The molecular weight excluding hydrogens is 358 g/mol. The molecule has 28 heavy (non-hydrogen) atoms. The van der Waals surface area contributed by atoms with E-state index < -0.39 is 0 Å². The number of methoxy groups -OCH3 is 1. The number of nitrogens with zero attached hydrogens (tertiary/aromatic N) is 3. The van der Waals surface area contributed by atoms with E-state index in [4.69, 9.17) is 14.0 Å². The van der Waals surface area contributed by atoms with Gasteiger partial charge in [-0.3, -0.25) is 4.79 Å². The van der Waals surface area contributed by atoms with Crippen LogP contribution in [0.1, 0.15) is 30.1 Å². The van der Waals surface area contributed by atoms with Crippen molar-refractivity contribution in [2.24, 2.45) is 0 Å². The third-order valence-electron chi connectivity index (χ3n) is 4.22. The van der Waals surface area contributed by atoms with Crippen molar-refractivity contribution in [3.05, 3.63) is 60.0 Å². The molecule has 0 saturated heterocycles. The van der Waals surface area contributed by atoms with Crippen molar-refractivity contribution in [3.8, 4) is 22.9 Å². The summed E-state index contributed by atoms with van der Waals surface area (Å²) in [6.07, 6.45) is 0. The topological polar surface area (TPSA) is 77.7 Å². The van der Waals surface area contributed by atoms with Crippen LogP contribution in [0, 0.1) is 0 Å². The summed E-state index contributed by atoms with van der Waals surface area (Å²) in [5, 5.41) is 4.01. The maximum atomic E-state index is 12.8. The summed E-state index contributed by atoms with van der Waals surface area (Å²) in [4.78, 5) is 18.8. The lowest BCUT2D eigenvalue weighted by Gasteiger charge is -2.19. The minimum absolute atomic E-state index is 0.102. The number of carbonyl (C=O) groups is 1. The zero-order valence-electron chi connectivity index (χ0n) is 16.2. The van der Waals surface area contributed by atoms with Crippen LogP contribution in [0.15, 0.2) is 53.1 Å². The predicted octanol–water partition coefficient (Wildman–Crippen LogP) is 3.81. The molecule has 1 heterocycles. The molecule has 3 rings (SSSR count). The Bertz CT molecular complexity index is 904. The van der Waals surface area contributed by atoms with Gasteiger partial charge in [0.2, 0.25) is 11.7 Å². The Morgan fingerprint density at radius 3 is 2.32 bits per heavy atom. The SMILES string of the molecule is CCOc1ccc(C(=O)N(CC)Cc2nc(-c3ccc(OC)cc3)no2)cc1. The Hall–Kier alpha value is -3.35. The molecule has 3 aromatic rings. The van der Waals surface area contributed by atoms with Crippen LogP contribution in [-0.4, -0.2) is 41.2 Å². The van der Waals surface area contributed by atoms with E-state index >= 15 is 0 Å². The fourth-order valence-electron chi connectivity index (χ4n) is 2.71. The average Bonchev–Trinajstić information content (AvgIpc) is 3.21. The van der Waals surface area contributed by atoms with Crippen molar-refractivity contribution in [1.82, 2.24) is 15.0 Å². The molecule has 0 aliphatic carbocycles. The van der Waals surface area contributed by atoms with Gasteiger partial charge in [0.15, 0.2) is 0 Å². The van der Waals surface area contributed by atoms with Gasteiger partial charge in [-0.1, -0.05) is 5.16 Å². The van der Waals surface area contributed by atoms with Gasteiger partial charge in [0, 0.05) is 17.7 Å². The molecule has 0 N–H and O–H groups in total. The van der Waals surface area contributed by atoms with E-state index in [9.17, 15) is 4.79 Å². The molecule has 0 spiro atoms. The van der Waals surface area contributed by atoms with Gasteiger partial charge in [-0.2, -0.15) is 4.98 Å². The van der Waals surface area contributed by atoms with Crippen LogP contribution in [0.25, 0.3) is 11.4 Å². The average molecular weight is 381 g/mol. The molecule has 0 aliphatic rings. The number of carbonyl (C=O) groups excluding carboxylic acids is 1. The van der Waals surface area contributed by atoms with E-state index in [0.717, 1.165) is 17.1 Å². The molecule has 0 atom stereocenters. The molecule has 1 amide bonds. The normalized spacial score (nSPS) is 10.5. The fraction of sp³-hybridized carbons (Fsp3) is 0.286. The Balaban J connectivity index is 1.70. The second kappa shape index (κ2) is 9.03. The van der Waals surface area contributed by atoms with Crippen molar-refractivity contribution in [2.45, 2.75) is 20.4 Å². The lowest BCUT2D eigenvalue weighted by Crippen LogP contribution is -2.30. The summed E-state index contributed by atoms with van der Waals surface area (Å²) in [7, 11) is 1.61. The highest BCUT2D eigenvalue weighted by atomic mass is 16.5. The second-order valence-corrected chi connectivity index (χ2v) is 6.02. The minimum atomic E-state index is -0.102.